The largest absolute Gasteiger partial charge is 0.495 e. The van der Waals surface area contributed by atoms with E-state index in [9.17, 15) is 9.59 Å². The van der Waals surface area contributed by atoms with Gasteiger partial charge in [0.1, 0.15) is 11.1 Å². The molecule has 0 saturated carbocycles. The van der Waals surface area contributed by atoms with Crippen LogP contribution in [0.1, 0.15) is 12.5 Å². The first-order valence-electron chi connectivity index (χ1n) is 9.97. The summed E-state index contributed by atoms with van der Waals surface area (Å²) >= 11 is 13.5. The Balaban J connectivity index is 1.43. The third-order valence-electron chi connectivity index (χ3n) is 5.30. The third-order valence-corrected chi connectivity index (χ3v) is 6.88. The zero-order valence-electron chi connectivity index (χ0n) is 17.3. The lowest BCUT2D eigenvalue weighted by Crippen LogP contribution is -2.27. The number of methoxy groups -OCH3 is 1. The van der Waals surface area contributed by atoms with Crippen molar-refractivity contribution in [1.82, 2.24) is 19.3 Å². The van der Waals surface area contributed by atoms with E-state index in [4.69, 9.17) is 27.9 Å². The van der Waals surface area contributed by atoms with Gasteiger partial charge in [-0.05, 0) is 42.5 Å². The molecule has 0 radical (unpaired) electrons. The van der Waals surface area contributed by atoms with Gasteiger partial charge < -0.3 is 10.1 Å². The van der Waals surface area contributed by atoms with Crippen molar-refractivity contribution in [2.24, 2.45) is 0 Å². The third kappa shape index (κ3) is 4.07. The Hall–Kier alpha value is -3.01. The molecule has 8 nitrogen and oxygen atoms in total. The van der Waals surface area contributed by atoms with Gasteiger partial charge in [-0.15, -0.1) is 0 Å². The van der Waals surface area contributed by atoms with Crippen molar-refractivity contribution < 1.29 is 9.53 Å². The highest BCUT2D eigenvalue weighted by atomic mass is 35.5. The first kappa shape index (κ1) is 21.8. The summed E-state index contributed by atoms with van der Waals surface area (Å²) in [6, 6.07) is 11.8. The fraction of sp³-hybridized carbons (Fsp3) is 0.182. The van der Waals surface area contributed by atoms with Crippen LogP contribution in [0, 0.1) is 0 Å². The molecule has 5 rings (SSSR count). The van der Waals surface area contributed by atoms with Gasteiger partial charge in [0.15, 0.2) is 10.8 Å². The van der Waals surface area contributed by atoms with Crippen molar-refractivity contribution in [2.75, 3.05) is 18.2 Å². The molecule has 4 aromatic rings. The number of nitrogens with one attached hydrogen (secondary N) is 1. The average molecular weight is 502 g/mol. The van der Waals surface area contributed by atoms with Crippen molar-refractivity contribution in [2.45, 2.75) is 17.6 Å². The summed E-state index contributed by atoms with van der Waals surface area (Å²) in [6.45, 7) is 0. The number of hydrogen-bond acceptors (Lipinski definition) is 6. The Labute approximate surface area is 202 Å². The number of hydrogen-bond donors (Lipinski definition) is 1. The summed E-state index contributed by atoms with van der Waals surface area (Å²) in [7, 11) is 1.52. The number of thioether (sulfide) groups is 1. The number of benzene rings is 2. The summed E-state index contributed by atoms with van der Waals surface area (Å²) in [5.41, 5.74) is 1.47. The molecule has 0 saturated heterocycles. The van der Waals surface area contributed by atoms with Crippen LogP contribution >= 0.6 is 35.0 Å². The van der Waals surface area contributed by atoms with Gasteiger partial charge in [-0.2, -0.15) is 5.10 Å². The van der Waals surface area contributed by atoms with Gasteiger partial charge in [-0.3, -0.25) is 14.2 Å². The number of rotatable bonds is 5. The topological polar surface area (TPSA) is 91.0 Å². The Morgan fingerprint density at radius 2 is 1.97 bits per heavy atom. The molecule has 1 N–H and O–H groups in total. The van der Waals surface area contributed by atoms with Crippen LogP contribution in [0.5, 0.6) is 5.75 Å². The maximum absolute atomic E-state index is 13.3. The van der Waals surface area contributed by atoms with Crippen LogP contribution in [-0.2, 0) is 4.79 Å². The van der Waals surface area contributed by atoms with Crippen molar-refractivity contribution >= 4 is 57.6 Å². The number of halogens is 2. The van der Waals surface area contributed by atoms with E-state index in [1.807, 2.05) is 12.1 Å². The minimum Gasteiger partial charge on any atom is -0.495 e. The lowest BCUT2D eigenvalue weighted by molar-refractivity contribution is -0.116. The predicted octanol–water partition coefficient (Wildman–Crippen LogP) is 4.57. The molecule has 11 heteroatoms. The van der Waals surface area contributed by atoms with Crippen molar-refractivity contribution in [3.05, 3.63) is 69.1 Å². The summed E-state index contributed by atoms with van der Waals surface area (Å²) in [6.07, 6.45) is 1.61. The van der Waals surface area contributed by atoms with Crippen LogP contribution < -0.4 is 15.6 Å². The number of carbonyl (C=O) groups excluding carboxylic acids is 1. The smallest absolute Gasteiger partial charge is 0.265 e. The molecular weight excluding hydrogens is 485 g/mol. The fourth-order valence-electron chi connectivity index (χ4n) is 3.75. The zero-order valence-corrected chi connectivity index (χ0v) is 19.6. The molecule has 1 unspecified atom stereocenters. The van der Waals surface area contributed by atoms with Crippen LogP contribution in [0.15, 0.2) is 58.6 Å². The summed E-state index contributed by atoms with van der Waals surface area (Å²) in [4.78, 5) is 30.7. The standard InChI is InChI=1S/C22H17Cl2N5O3S/c1-32-18-7-4-13(24)8-17(18)26-19(30)9-15-11-33-22-27-20-16(21(31)28(15)22)10-25-29(20)14-5-2-12(23)3-6-14/h2-8,10,15H,9,11H2,1H3,(H,26,30). The quantitative estimate of drug-likeness (QED) is 0.402. The number of ether oxygens (including phenoxy) is 1. The molecule has 0 fully saturated rings. The van der Waals surface area contributed by atoms with Crippen LogP contribution in [0.4, 0.5) is 5.69 Å². The number of aromatic nitrogens is 4. The van der Waals surface area contributed by atoms with Crippen LogP contribution in [-0.4, -0.2) is 38.1 Å². The second-order valence-electron chi connectivity index (χ2n) is 7.40. The van der Waals surface area contributed by atoms with Crippen molar-refractivity contribution in [1.29, 1.82) is 0 Å². The van der Waals surface area contributed by atoms with Gasteiger partial charge in [0.2, 0.25) is 5.91 Å². The Morgan fingerprint density at radius 3 is 2.73 bits per heavy atom. The van der Waals surface area contributed by atoms with Crippen molar-refractivity contribution in [3.63, 3.8) is 0 Å². The van der Waals surface area contributed by atoms with E-state index in [-0.39, 0.29) is 23.9 Å². The van der Waals surface area contributed by atoms with Crippen LogP contribution in [0.2, 0.25) is 10.0 Å². The Morgan fingerprint density at radius 1 is 1.21 bits per heavy atom. The Kier molecular flexibility index (Phi) is 5.77. The number of fused-ring (bicyclic) bond motifs is 2. The van der Waals surface area contributed by atoms with Gasteiger partial charge in [0.05, 0.1) is 30.7 Å². The highest BCUT2D eigenvalue weighted by molar-refractivity contribution is 7.99. The molecular formula is C22H17Cl2N5O3S. The minimum atomic E-state index is -0.335. The van der Waals surface area contributed by atoms with Gasteiger partial charge in [0.25, 0.3) is 5.56 Å². The molecule has 1 amide bonds. The van der Waals surface area contributed by atoms with Crippen molar-refractivity contribution in [3.8, 4) is 11.4 Å². The highest BCUT2D eigenvalue weighted by Crippen LogP contribution is 2.34. The molecule has 2 aromatic carbocycles. The minimum absolute atomic E-state index is 0.105. The van der Waals surface area contributed by atoms with Gasteiger partial charge >= 0.3 is 0 Å². The molecule has 1 atom stereocenters. The van der Waals surface area contributed by atoms with E-state index in [1.54, 1.807) is 39.6 Å². The van der Waals surface area contributed by atoms with Crippen LogP contribution in [0.25, 0.3) is 16.7 Å². The highest BCUT2D eigenvalue weighted by Gasteiger charge is 2.30. The molecule has 2 aromatic heterocycles. The molecule has 3 heterocycles. The normalized spacial score (nSPS) is 14.9. The van der Waals surface area contributed by atoms with Gasteiger partial charge in [-0.25, -0.2) is 9.67 Å². The first-order valence-corrected chi connectivity index (χ1v) is 11.7. The summed E-state index contributed by atoms with van der Waals surface area (Å²) < 4.78 is 8.47. The number of carbonyl (C=O) groups is 1. The second-order valence-corrected chi connectivity index (χ2v) is 9.26. The molecule has 0 spiro atoms. The maximum atomic E-state index is 13.3. The fourth-order valence-corrected chi connectivity index (χ4v) is 5.17. The molecule has 0 aliphatic carbocycles. The average Bonchev–Trinajstić information content (AvgIpc) is 3.39. The summed E-state index contributed by atoms with van der Waals surface area (Å²) in [5.74, 6) is 0.811. The molecule has 1 aliphatic rings. The number of amides is 1. The summed E-state index contributed by atoms with van der Waals surface area (Å²) in [5, 5.41) is 9.21. The van der Waals surface area contributed by atoms with Gasteiger partial charge in [-0.1, -0.05) is 35.0 Å². The van der Waals surface area contributed by atoms with Crippen LogP contribution in [0.3, 0.4) is 0 Å². The van der Waals surface area contributed by atoms with Gasteiger partial charge in [0, 0.05) is 22.2 Å². The molecule has 1 aliphatic heterocycles. The second kappa shape index (κ2) is 8.74. The molecule has 0 bridgehead atoms. The maximum Gasteiger partial charge on any atom is 0.265 e. The Bertz CT molecular complexity index is 1430. The first-order chi connectivity index (χ1) is 15.9. The van der Waals surface area contributed by atoms with E-state index in [0.29, 0.717) is 43.4 Å². The number of anilines is 1. The number of nitrogens with zero attached hydrogens (tertiary/aromatic N) is 4. The molecule has 168 valence electrons. The van der Waals surface area contributed by atoms with E-state index < -0.39 is 0 Å². The molecule has 33 heavy (non-hydrogen) atoms. The predicted molar refractivity (Wildman–Crippen MR) is 129 cm³/mol. The van der Waals surface area contributed by atoms with E-state index in [2.05, 4.69) is 15.4 Å². The zero-order chi connectivity index (χ0) is 23.1. The van der Waals surface area contributed by atoms with E-state index in [1.165, 1.54) is 25.1 Å². The lowest BCUT2D eigenvalue weighted by atomic mass is 10.2. The van der Waals surface area contributed by atoms with E-state index in [0.717, 1.165) is 5.69 Å². The lowest BCUT2D eigenvalue weighted by Gasteiger charge is -2.15. The SMILES string of the molecule is COc1ccc(Cl)cc1NC(=O)CC1CSc2nc3c(cnn3-c3ccc(Cl)cc3)c(=O)n21. The monoisotopic (exact) mass is 501 g/mol. The van der Waals surface area contributed by atoms with E-state index >= 15 is 0 Å².